The van der Waals surface area contributed by atoms with Crippen LogP contribution in [0.1, 0.15) is 29.9 Å². The van der Waals surface area contributed by atoms with E-state index in [2.05, 4.69) is 10.3 Å². The van der Waals surface area contributed by atoms with Gasteiger partial charge in [0, 0.05) is 29.4 Å². The molecule has 0 saturated heterocycles. The van der Waals surface area contributed by atoms with Gasteiger partial charge in [0.1, 0.15) is 29.2 Å². The smallest absolute Gasteiger partial charge is 0.322 e. The van der Waals surface area contributed by atoms with Crippen LogP contribution in [0.2, 0.25) is 0 Å². The minimum Gasteiger partial charge on any atom is -0.497 e. The van der Waals surface area contributed by atoms with Crippen LogP contribution in [0.5, 0.6) is 17.2 Å². The Morgan fingerprint density at radius 2 is 1.76 bits per heavy atom. The molecule has 0 fully saturated rings. The number of methoxy groups -OCH3 is 1. The number of nitrogens with zero attached hydrogens (tertiary/aromatic N) is 3. The Balaban J connectivity index is 0.00000480. The van der Waals surface area contributed by atoms with E-state index >= 15 is 4.39 Å². The van der Waals surface area contributed by atoms with Gasteiger partial charge in [-0.25, -0.2) is 9.07 Å². The summed E-state index contributed by atoms with van der Waals surface area (Å²) >= 11 is 0. The van der Waals surface area contributed by atoms with Crippen molar-refractivity contribution in [2.24, 2.45) is 5.73 Å². The highest BCUT2D eigenvalue weighted by Crippen LogP contribution is 2.33. The van der Waals surface area contributed by atoms with Crippen molar-refractivity contribution in [2.75, 3.05) is 12.4 Å². The maximum absolute atomic E-state index is 15.2. The molecule has 0 aliphatic heterocycles. The van der Waals surface area contributed by atoms with Crippen LogP contribution >= 0.6 is 12.4 Å². The molecule has 0 bridgehead atoms. The number of anilines is 1. The summed E-state index contributed by atoms with van der Waals surface area (Å²) in [5.41, 5.74) is 6.45. The number of aromatic nitrogens is 3. The Bertz CT molecular complexity index is 1940. The number of esters is 1. The fraction of sp³-hybridized carbons (Fsp3) is 0.212. The Hall–Kier alpha value is -5.20. The molecule has 0 aliphatic carbocycles. The fourth-order valence-corrected chi connectivity index (χ4v) is 4.83. The van der Waals surface area contributed by atoms with Gasteiger partial charge in [-0.1, -0.05) is 18.2 Å². The van der Waals surface area contributed by atoms with E-state index in [1.807, 2.05) is 0 Å². The van der Waals surface area contributed by atoms with Gasteiger partial charge < -0.3 is 25.3 Å². The zero-order chi connectivity index (χ0) is 32.2. The summed E-state index contributed by atoms with van der Waals surface area (Å²) in [7, 11) is 1.55. The summed E-state index contributed by atoms with van der Waals surface area (Å²) in [6, 6.07) is 18.8. The number of rotatable bonds is 10. The lowest BCUT2D eigenvalue weighted by Crippen LogP contribution is -2.34. The molecule has 2 aromatic heterocycles. The van der Waals surface area contributed by atoms with Gasteiger partial charge >= 0.3 is 5.97 Å². The first-order valence-corrected chi connectivity index (χ1v) is 14.1. The molecule has 240 valence electrons. The Morgan fingerprint density at radius 1 is 1.02 bits per heavy atom. The van der Waals surface area contributed by atoms with Crippen LogP contribution in [-0.2, 0) is 16.1 Å². The number of halogens is 2. The van der Waals surface area contributed by atoms with E-state index in [-0.39, 0.29) is 36.0 Å². The molecule has 2 atom stereocenters. The molecule has 46 heavy (non-hydrogen) atoms. The van der Waals surface area contributed by atoms with Crippen molar-refractivity contribution in [3.05, 3.63) is 106 Å². The zero-order valence-electron chi connectivity index (χ0n) is 25.5. The number of para-hydroxylation sites is 1. The molecule has 1 unspecified atom stereocenters. The van der Waals surface area contributed by atoms with Crippen molar-refractivity contribution in [1.29, 1.82) is 0 Å². The molecular weight excluding hydrogens is 617 g/mol. The normalized spacial score (nSPS) is 12.1. The number of benzene rings is 3. The van der Waals surface area contributed by atoms with E-state index in [0.29, 0.717) is 33.8 Å². The molecule has 0 saturated carbocycles. The van der Waals surface area contributed by atoms with Crippen LogP contribution in [0, 0.1) is 12.7 Å². The van der Waals surface area contributed by atoms with Gasteiger partial charge in [-0.15, -0.1) is 12.4 Å². The highest BCUT2D eigenvalue weighted by molar-refractivity contribution is 6.05. The van der Waals surface area contributed by atoms with E-state index in [0.717, 1.165) is 6.07 Å². The highest BCUT2D eigenvalue weighted by atomic mass is 35.5. The van der Waals surface area contributed by atoms with E-state index in [4.69, 9.17) is 19.9 Å². The summed E-state index contributed by atoms with van der Waals surface area (Å²) in [6.45, 7) is 4.86. The predicted molar refractivity (Wildman–Crippen MR) is 174 cm³/mol. The number of carbonyl (C=O) groups is 2. The first-order chi connectivity index (χ1) is 21.6. The molecule has 2 heterocycles. The topological polar surface area (TPSA) is 140 Å². The Morgan fingerprint density at radius 3 is 2.43 bits per heavy atom. The summed E-state index contributed by atoms with van der Waals surface area (Å²) in [4.78, 5) is 43.5. The molecule has 3 N–H and O–H groups in total. The maximum Gasteiger partial charge on any atom is 0.322 e. The van der Waals surface area contributed by atoms with Gasteiger partial charge in [-0.05, 0) is 63.2 Å². The minimum atomic E-state index is -0.818. The van der Waals surface area contributed by atoms with Crippen LogP contribution in [0.4, 0.5) is 10.1 Å². The fourth-order valence-electron chi connectivity index (χ4n) is 4.83. The van der Waals surface area contributed by atoms with Crippen molar-refractivity contribution in [2.45, 2.75) is 39.5 Å². The molecule has 3 aromatic carbocycles. The lowest BCUT2D eigenvalue weighted by atomic mass is 10.2. The van der Waals surface area contributed by atoms with Gasteiger partial charge in [0.2, 0.25) is 0 Å². The molecule has 0 spiro atoms. The maximum atomic E-state index is 15.2. The monoisotopic (exact) mass is 649 g/mol. The average molecular weight is 650 g/mol. The number of pyridine rings is 1. The average Bonchev–Trinajstić information content (AvgIpc) is 3.26. The quantitative estimate of drug-likeness (QED) is 0.192. The second-order valence-electron chi connectivity index (χ2n) is 10.4. The molecule has 11 nitrogen and oxygen atoms in total. The molecule has 1 amide bonds. The van der Waals surface area contributed by atoms with E-state index in [1.165, 1.54) is 23.7 Å². The highest BCUT2D eigenvalue weighted by Gasteiger charge is 2.26. The third-order valence-corrected chi connectivity index (χ3v) is 7.06. The number of hydrogen-bond donors (Lipinski definition) is 2. The van der Waals surface area contributed by atoms with Crippen molar-refractivity contribution in [3.8, 4) is 22.9 Å². The molecule has 13 heteroatoms. The summed E-state index contributed by atoms with van der Waals surface area (Å²) < 4.78 is 34.6. The first-order valence-electron chi connectivity index (χ1n) is 14.1. The molecule has 0 aliphatic rings. The lowest BCUT2D eigenvalue weighted by molar-refractivity contribution is -0.150. The summed E-state index contributed by atoms with van der Waals surface area (Å²) in [5.74, 6) is -1.11. The largest absolute Gasteiger partial charge is 0.497 e. The standard InChI is InChI=1S/C33H32FN5O6.ClH/c1-19(44-33(42)20(2)35)18-38-21(3)30(32(41)39(38)23-8-6-5-7-9-23)31(40)37-22-10-13-29(26(34)16-22)45-28-14-15-36-27-17-24(43-4)11-12-25(27)28;/h5-17,19-20H,18,35H2,1-4H3,(H,37,40);1H/t19-,20?;/m1./s1. The Kier molecular flexibility index (Phi) is 10.5. The van der Waals surface area contributed by atoms with Crippen molar-refractivity contribution >= 4 is 40.9 Å². The summed E-state index contributed by atoms with van der Waals surface area (Å²) in [5, 5.41) is 3.28. The number of fused-ring (bicyclic) bond motifs is 1. The molecule has 5 aromatic rings. The number of hydrogen-bond acceptors (Lipinski definition) is 8. The number of carbonyl (C=O) groups excluding carboxylic acids is 2. The van der Waals surface area contributed by atoms with Crippen LogP contribution in [0.25, 0.3) is 16.6 Å². The van der Waals surface area contributed by atoms with Crippen molar-refractivity contribution in [1.82, 2.24) is 14.3 Å². The minimum absolute atomic E-state index is 0. The lowest BCUT2D eigenvalue weighted by Gasteiger charge is -2.19. The number of nitrogens with two attached hydrogens (primary N) is 1. The van der Waals surface area contributed by atoms with Gasteiger partial charge in [0.25, 0.3) is 11.5 Å². The number of ether oxygens (including phenoxy) is 3. The third-order valence-electron chi connectivity index (χ3n) is 7.06. The van der Waals surface area contributed by atoms with E-state index < -0.39 is 35.4 Å². The van der Waals surface area contributed by atoms with Gasteiger partial charge in [-0.3, -0.25) is 24.0 Å². The third kappa shape index (κ3) is 7.03. The van der Waals surface area contributed by atoms with Crippen LogP contribution in [0.15, 0.2) is 83.8 Å². The van der Waals surface area contributed by atoms with Gasteiger partial charge in [0.15, 0.2) is 11.6 Å². The van der Waals surface area contributed by atoms with Crippen LogP contribution in [-0.4, -0.2) is 45.5 Å². The van der Waals surface area contributed by atoms with Gasteiger partial charge in [0.05, 0.1) is 30.6 Å². The summed E-state index contributed by atoms with van der Waals surface area (Å²) in [6.07, 6.45) is 0.880. The van der Waals surface area contributed by atoms with Gasteiger partial charge in [-0.2, -0.15) is 0 Å². The first kappa shape index (κ1) is 33.7. The molecule has 5 rings (SSSR count). The number of nitrogens with one attached hydrogen (secondary N) is 1. The van der Waals surface area contributed by atoms with Crippen LogP contribution < -0.4 is 26.1 Å². The SMILES string of the molecule is COc1ccc2c(Oc3ccc(NC(=O)c4c(C)n(C[C@@H](C)OC(=O)C(C)N)n(-c5ccccc5)c4=O)cc3F)ccnc2c1.Cl. The molecule has 0 radical (unpaired) electrons. The van der Waals surface area contributed by atoms with Crippen molar-refractivity contribution < 1.29 is 28.2 Å². The van der Waals surface area contributed by atoms with E-state index in [1.54, 1.807) is 86.4 Å². The Labute approximate surface area is 270 Å². The predicted octanol–water partition coefficient (Wildman–Crippen LogP) is 5.39. The second-order valence-corrected chi connectivity index (χ2v) is 10.4. The van der Waals surface area contributed by atoms with Crippen molar-refractivity contribution in [3.63, 3.8) is 0 Å². The zero-order valence-corrected chi connectivity index (χ0v) is 26.3. The second kappa shape index (κ2) is 14.3. The van der Waals surface area contributed by atoms with E-state index in [9.17, 15) is 14.4 Å². The van der Waals surface area contributed by atoms with Crippen LogP contribution in [0.3, 0.4) is 0 Å². The number of amides is 1. The molecular formula is C33H33ClFN5O6.